The SMILES string of the molecule is COC(=O)CC(NSC(C)(C)C)c1ncccc1F.Fc1ccccc1OC(F)(F)F. The van der Waals surface area contributed by atoms with Gasteiger partial charge in [0, 0.05) is 10.9 Å². The second-order valence-electron chi connectivity index (χ2n) is 7.01. The minimum atomic E-state index is -4.85. The maximum atomic E-state index is 13.8. The Morgan fingerprint density at radius 3 is 2.23 bits per heavy atom. The lowest BCUT2D eigenvalue weighted by Crippen LogP contribution is -2.25. The Balaban J connectivity index is 0.000000343. The van der Waals surface area contributed by atoms with E-state index in [1.54, 1.807) is 0 Å². The number of halogens is 5. The molecule has 31 heavy (non-hydrogen) atoms. The van der Waals surface area contributed by atoms with Crippen molar-refractivity contribution >= 4 is 17.9 Å². The Morgan fingerprint density at radius 1 is 1.10 bits per heavy atom. The number of hydrogen-bond donors (Lipinski definition) is 1. The minimum absolute atomic E-state index is 0.0352. The highest BCUT2D eigenvalue weighted by Crippen LogP contribution is 2.27. The number of ether oxygens (including phenoxy) is 2. The monoisotopic (exact) mass is 466 g/mol. The standard InChI is InChI=1S/C13H19FN2O2S.C7H4F4O/c1-13(2,3)19-16-10(8-11(17)18-4)12-9(14)6-5-7-15-12;8-5-3-1-2-4-6(5)12-7(9,10)11/h5-7,10,16H,8H2,1-4H3;1-4H. The third kappa shape index (κ3) is 11.0. The summed E-state index contributed by atoms with van der Waals surface area (Å²) in [7, 11) is 1.31. The maximum absolute atomic E-state index is 13.8. The third-order valence-electron chi connectivity index (χ3n) is 3.29. The van der Waals surface area contributed by atoms with Gasteiger partial charge in [0.15, 0.2) is 11.6 Å². The fraction of sp³-hybridized carbons (Fsp3) is 0.400. The van der Waals surface area contributed by atoms with Crippen molar-refractivity contribution in [2.45, 2.75) is 44.3 Å². The van der Waals surface area contributed by atoms with Crippen molar-refractivity contribution in [2.75, 3.05) is 7.11 Å². The number of methoxy groups -OCH3 is 1. The maximum Gasteiger partial charge on any atom is 0.573 e. The summed E-state index contributed by atoms with van der Waals surface area (Å²) in [4.78, 5) is 15.4. The van der Waals surface area contributed by atoms with Crippen LogP contribution in [-0.4, -0.2) is 29.2 Å². The topological polar surface area (TPSA) is 60.5 Å². The molecule has 0 radical (unpaired) electrons. The molecule has 1 aromatic carbocycles. The zero-order chi connectivity index (χ0) is 23.7. The van der Waals surface area contributed by atoms with Gasteiger partial charge in [-0.25, -0.2) is 8.78 Å². The van der Waals surface area contributed by atoms with Crippen LogP contribution in [0.25, 0.3) is 0 Å². The summed E-state index contributed by atoms with van der Waals surface area (Å²) in [5.41, 5.74) is 0.227. The van der Waals surface area contributed by atoms with Crippen molar-refractivity contribution in [1.82, 2.24) is 9.71 Å². The summed E-state index contributed by atoms with van der Waals surface area (Å²) in [6.07, 6.45) is -3.30. The molecule has 11 heteroatoms. The molecule has 1 atom stereocenters. The van der Waals surface area contributed by atoms with E-state index < -0.39 is 35.8 Å². The number of benzene rings is 1. The smallest absolute Gasteiger partial charge is 0.469 e. The van der Waals surface area contributed by atoms with Crippen molar-refractivity contribution in [3.05, 3.63) is 59.9 Å². The predicted molar refractivity (Wildman–Crippen MR) is 107 cm³/mol. The highest BCUT2D eigenvalue weighted by Gasteiger charge is 2.32. The van der Waals surface area contributed by atoms with Gasteiger partial charge in [-0.2, -0.15) is 0 Å². The average Bonchev–Trinajstić information content (AvgIpc) is 2.66. The van der Waals surface area contributed by atoms with Gasteiger partial charge < -0.3 is 9.47 Å². The van der Waals surface area contributed by atoms with Gasteiger partial charge in [-0.15, -0.1) is 13.2 Å². The molecular formula is C20H23F5N2O3S. The van der Waals surface area contributed by atoms with E-state index in [2.05, 4.69) is 19.2 Å². The van der Waals surface area contributed by atoms with E-state index in [-0.39, 0.29) is 16.9 Å². The molecule has 0 aliphatic carbocycles. The lowest BCUT2D eigenvalue weighted by Gasteiger charge is -2.23. The molecule has 1 heterocycles. The lowest BCUT2D eigenvalue weighted by atomic mass is 10.1. The second-order valence-corrected chi connectivity index (χ2v) is 8.68. The summed E-state index contributed by atoms with van der Waals surface area (Å²) < 4.78 is 71.9. The lowest BCUT2D eigenvalue weighted by molar-refractivity contribution is -0.275. The molecular weight excluding hydrogens is 443 g/mol. The van der Waals surface area contributed by atoms with Crippen LogP contribution in [0.5, 0.6) is 5.75 Å². The molecule has 0 amide bonds. The molecule has 172 valence electrons. The Kier molecular flexibility index (Phi) is 10.2. The highest BCUT2D eigenvalue weighted by molar-refractivity contribution is 7.98. The van der Waals surface area contributed by atoms with E-state index in [1.165, 1.54) is 49.5 Å². The first kappa shape index (κ1) is 26.6. The molecule has 2 rings (SSSR count). The number of nitrogens with one attached hydrogen (secondary N) is 1. The van der Waals surface area contributed by atoms with Crippen molar-refractivity contribution in [3.8, 4) is 5.75 Å². The molecule has 0 aliphatic rings. The molecule has 1 N–H and O–H groups in total. The molecule has 1 aromatic heterocycles. The van der Waals surface area contributed by atoms with E-state index in [1.807, 2.05) is 20.8 Å². The number of pyridine rings is 1. The number of hydrogen-bond acceptors (Lipinski definition) is 6. The molecule has 2 aromatic rings. The zero-order valence-corrected chi connectivity index (χ0v) is 18.1. The Bertz CT molecular complexity index is 844. The molecule has 1 unspecified atom stereocenters. The molecule has 0 spiro atoms. The van der Waals surface area contributed by atoms with Gasteiger partial charge >= 0.3 is 12.3 Å². The normalized spacial score (nSPS) is 12.4. The van der Waals surface area contributed by atoms with Crippen LogP contribution >= 0.6 is 11.9 Å². The van der Waals surface area contributed by atoms with Crippen LogP contribution in [0.1, 0.15) is 38.9 Å². The van der Waals surface area contributed by atoms with Crippen LogP contribution in [0.4, 0.5) is 22.0 Å². The minimum Gasteiger partial charge on any atom is -0.469 e. The molecule has 0 aliphatic heterocycles. The number of aromatic nitrogens is 1. The summed E-state index contributed by atoms with van der Waals surface area (Å²) in [5, 5.41) is 0. The fourth-order valence-corrected chi connectivity index (χ4v) is 2.69. The summed E-state index contributed by atoms with van der Waals surface area (Å²) in [5.74, 6) is -2.68. The van der Waals surface area contributed by atoms with Crippen LogP contribution in [0.2, 0.25) is 0 Å². The fourth-order valence-electron chi connectivity index (χ4n) is 2.00. The first-order chi connectivity index (χ1) is 14.3. The van der Waals surface area contributed by atoms with Crippen LogP contribution < -0.4 is 9.46 Å². The van der Waals surface area contributed by atoms with Crippen molar-refractivity contribution in [1.29, 1.82) is 0 Å². The van der Waals surface area contributed by atoms with Crippen molar-refractivity contribution < 1.29 is 36.2 Å². The molecule has 5 nitrogen and oxygen atoms in total. The predicted octanol–water partition coefficient (Wildman–Crippen LogP) is 5.59. The summed E-state index contributed by atoms with van der Waals surface area (Å²) in [6, 6.07) is 6.66. The van der Waals surface area contributed by atoms with Gasteiger partial charge in [0.05, 0.1) is 25.3 Å². The van der Waals surface area contributed by atoms with Crippen LogP contribution in [-0.2, 0) is 9.53 Å². The van der Waals surface area contributed by atoms with E-state index in [0.717, 1.165) is 12.1 Å². The largest absolute Gasteiger partial charge is 0.573 e. The number of nitrogens with zero attached hydrogens (tertiary/aromatic N) is 1. The third-order valence-corrected chi connectivity index (χ3v) is 4.30. The zero-order valence-electron chi connectivity index (χ0n) is 17.3. The molecule has 0 bridgehead atoms. The van der Waals surface area contributed by atoms with Crippen LogP contribution in [0.15, 0.2) is 42.6 Å². The van der Waals surface area contributed by atoms with Gasteiger partial charge in [-0.3, -0.25) is 14.5 Å². The van der Waals surface area contributed by atoms with Gasteiger partial charge in [-0.1, -0.05) is 24.1 Å². The number of para-hydroxylation sites is 1. The summed E-state index contributed by atoms with van der Waals surface area (Å²) >= 11 is 1.43. The van der Waals surface area contributed by atoms with Gasteiger partial charge in [0.2, 0.25) is 0 Å². The first-order valence-electron chi connectivity index (χ1n) is 8.93. The Hall–Kier alpha value is -2.40. The quantitative estimate of drug-likeness (QED) is 0.341. The number of alkyl halides is 3. The number of carbonyl (C=O) groups excluding carboxylic acids is 1. The average molecular weight is 466 g/mol. The summed E-state index contributed by atoms with van der Waals surface area (Å²) in [6.45, 7) is 6.07. The Labute approximate surface area is 181 Å². The van der Waals surface area contributed by atoms with Gasteiger partial charge in [0.25, 0.3) is 0 Å². The van der Waals surface area contributed by atoms with Crippen LogP contribution in [0.3, 0.4) is 0 Å². The van der Waals surface area contributed by atoms with Crippen LogP contribution in [0, 0.1) is 11.6 Å². The van der Waals surface area contributed by atoms with E-state index in [9.17, 15) is 26.7 Å². The van der Waals surface area contributed by atoms with E-state index >= 15 is 0 Å². The van der Waals surface area contributed by atoms with E-state index in [0.29, 0.717) is 0 Å². The molecule has 0 saturated carbocycles. The number of rotatable bonds is 6. The molecule has 0 saturated heterocycles. The second kappa shape index (κ2) is 11.8. The first-order valence-corrected chi connectivity index (χ1v) is 9.75. The Morgan fingerprint density at radius 2 is 1.71 bits per heavy atom. The van der Waals surface area contributed by atoms with Crippen molar-refractivity contribution in [3.63, 3.8) is 0 Å². The highest BCUT2D eigenvalue weighted by atomic mass is 32.2. The number of carbonyl (C=O) groups is 1. The van der Waals surface area contributed by atoms with E-state index in [4.69, 9.17) is 0 Å². The molecule has 0 fully saturated rings. The van der Waals surface area contributed by atoms with Gasteiger partial charge in [-0.05, 0) is 45.0 Å². The van der Waals surface area contributed by atoms with Crippen molar-refractivity contribution in [2.24, 2.45) is 0 Å². The number of esters is 1. The van der Waals surface area contributed by atoms with Gasteiger partial charge in [0.1, 0.15) is 5.82 Å².